The first kappa shape index (κ1) is 13.4. The molecule has 2 nitrogen and oxygen atoms in total. The zero-order chi connectivity index (χ0) is 13.7. The predicted molar refractivity (Wildman–Crippen MR) is 80.2 cm³/mol. The summed E-state index contributed by atoms with van der Waals surface area (Å²) in [4.78, 5) is 11.8. The van der Waals surface area contributed by atoms with Crippen LogP contribution in [0.3, 0.4) is 0 Å². The third-order valence-corrected chi connectivity index (χ3v) is 2.94. The van der Waals surface area contributed by atoms with Gasteiger partial charge in [-0.15, -0.1) is 0 Å². The molecular weight excluding hydrogens is 258 g/mol. The summed E-state index contributed by atoms with van der Waals surface area (Å²) < 4.78 is 0. The number of para-hydroxylation sites is 1. The molecule has 0 saturated carbocycles. The Bertz CT molecular complexity index is 588. The topological polar surface area (TPSA) is 29.1 Å². The first-order valence-electron chi connectivity index (χ1n) is 5.95. The van der Waals surface area contributed by atoms with Crippen LogP contribution in [0, 0.1) is 0 Å². The van der Waals surface area contributed by atoms with E-state index in [1.54, 1.807) is 6.08 Å². The Hall–Kier alpha value is -2.06. The van der Waals surface area contributed by atoms with Crippen LogP contribution in [-0.4, -0.2) is 5.91 Å². The molecule has 0 aliphatic rings. The Morgan fingerprint density at radius 2 is 1.68 bits per heavy atom. The van der Waals surface area contributed by atoms with Crippen LogP contribution < -0.4 is 5.32 Å². The highest BCUT2D eigenvalue weighted by molar-refractivity contribution is 6.30. The molecule has 2 rings (SSSR count). The van der Waals surface area contributed by atoms with Crippen molar-refractivity contribution in [1.82, 2.24) is 0 Å². The first-order chi connectivity index (χ1) is 9.15. The van der Waals surface area contributed by atoms with Crippen LogP contribution in [0.5, 0.6) is 0 Å². The van der Waals surface area contributed by atoms with Gasteiger partial charge in [0.1, 0.15) is 0 Å². The van der Waals surface area contributed by atoms with Crippen LogP contribution in [0.25, 0.3) is 5.57 Å². The van der Waals surface area contributed by atoms with Crippen molar-refractivity contribution in [2.45, 2.75) is 6.92 Å². The van der Waals surface area contributed by atoms with Crippen molar-refractivity contribution in [3.8, 4) is 0 Å². The Kier molecular flexibility index (Phi) is 4.37. The average molecular weight is 272 g/mol. The second-order valence-corrected chi connectivity index (χ2v) is 4.63. The first-order valence-corrected chi connectivity index (χ1v) is 6.33. The lowest BCUT2D eigenvalue weighted by Gasteiger charge is -2.04. The molecule has 0 aromatic heterocycles. The number of benzene rings is 2. The van der Waals surface area contributed by atoms with Gasteiger partial charge in [-0.2, -0.15) is 0 Å². The van der Waals surface area contributed by atoms with Gasteiger partial charge in [-0.05, 0) is 42.3 Å². The normalized spacial score (nSPS) is 11.2. The summed E-state index contributed by atoms with van der Waals surface area (Å²) in [5.41, 5.74) is 2.66. The highest BCUT2D eigenvalue weighted by atomic mass is 35.5. The molecule has 2 aromatic rings. The summed E-state index contributed by atoms with van der Waals surface area (Å²) in [6.07, 6.45) is 1.58. The van der Waals surface area contributed by atoms with E-state index in [1.165, 1.54) is 0 Å². The van der Waals surface area contributed by atoms with Gasteiger partial charge < -0.3 is 5.32 Å². The van der Waals surface area contributed by atoms with Gasteiger partial charge in [-0.3, -0.25) is 4.79 Å². The summed E-state index contributed by atoms with van der Waals surface area (Å²) in [7, 11) is 0. The third kappa shape index (κ3) is 3.97. The van der Waals surface area contributed by atoms with Crippen molar-refractivity contribution in [1.29, 1.82) is 0 Å². The van der Waals surface area contributed by atoms with E-state index >= 15 is 0 Å². The molecule has 0 unspecified atom stereocenters. The minimum absolute atomic E-state index is 0.140. The van der Waals surface area contributed by atoms with Gasteiger partial charge in [-0.1, -0.05) is 41.9 Å². The van der Waals surface area contributed by atoms with E-state index in [2.05, 4.69) is 5.32 Å². The highest BCUT2D eigenvalue weighted by Gasteiger charge is 2.01. The highest BCUT2D eigenvalue weighted by Crippen LogP contribution is 2.17. The lowest BCUT2D eigenvalue weighted by Crippen LogP contribution is -2.08. The molecule has 0 saturated heterocycles. The maximum Gasteiger partial charge on any atom is 0.248 e. The van der Waals surface area contributed by atoms with Gasteiger partial charge in [0, 0.05) is 16.8 Å². The van der Waals surface area contributed by atoms with E-state index in [4.69, 9.17) is 11.6 Å². The van der Waals surface area contributed by atoms with Crippen molar-refractivity contribution >= 4 is 28.8 Å². The van der Waals surface area contributed by atoms with Crippen LogP contribution in [-0.2, 0) is 4.79 Å². The van der Waals surface area contributed by atoms with E-state index in [0.29, 0.717) is 5.02 Å². The van der Waals surface area contributed by atoms with Crippen molar-refractivity contribution in [2.75, 3.05) is 5.32 Å². The number of rotatable bonds is 3. The van der Waals surface area contributed by atoms with Gasteiger partial charge in [0.05, 0.1) is 0 Å². The molecule has 2 aromatic carbocycles. The number of nitrogens with one attached hydrogen (secondary N) is 1. The minimum Gasteiger partial charge on any atom is -0.323 e. The third-order valence-electron chi connectivity index (χ3n) is 2.69. The SMILES string of the molecule is C/C(=C\C(=O)Nc1ccccc1)c1ccc(Cl)cc1. The maximum absolute atomic E-state index is 11.8. The molecule has 0 fully saturated rings. The largest absolute Gasteiger partial charge is 0.323 e. The molecule has 19 heavy (non-hydrogen) atoms. The van der Waals surface area contributed by atoms with E-state index in [9.17, 15) is 4.79 Å². The molecule has 1 amide bonds. The van der Waals surface area contributed by atoms with Gasteiger partial charge in [0.2, 0.25) is 5.91 Å². The zero-order valence-electron chi connectivity index (χ0n) is 10.6. The Labute approximate surface area is 117 Å². The second-order valence-electron chi connectivity index (χ2n) is 4.19. The number of allylic oxidation sites excluding steroid dienone is 1. The summed E-state index contributed by atoms with van der Waals surface area (Å²) in [6, 6.07) is 16.8. The van der Waals surface area contributed by atoms with Crippen LogP contribution in [0.15, 0.2) is 60.7 Å². The summed E-state index contributed by atoms with van der Waals surface area (Å²) in [6.45, 7) is 1.90. The smallest absolute Gasteiger partial charge is 0.248 e. The zero-order valence-corrected chi connectivity index (χ0v) is 11.3. The van der Waals surface area contributed by atoms with E-state index in [1.807, 2.05) is 61.5 Å². The van der Waals surface area contributed by atoms with Crippen molar-refractivity contribution in [3.05, 3.63) is 71.3 Å². The van der Waals surface area contributed by atoms with E-state index < -0.39 is 0 Å². The van der Waals surface area contributed by atoms with Gasteiger partial charge >= 0.3 is 0 Å². The van der Waals surface area contributed by atoms with Crippen LogP contribution >= 0.6 is 11.6 Å². The van der Waals surface area contributed by atoms with E-state index in [0.717, 1.165) is 16.8 Å². The second kappa shape index (κ2) is 6.21. The van der Waals surface area contributed by atoms with Crippen molar-refractivity contribution in [3.63, 3.8) is 0 Å². The molecule has 0 aliphatic heterocycles. The van der Waals surface area contributed by atoms with E-state index in [-0.39, 0.29) is 5.91 Å². The number of amides is 1. The fraction of sp³-hybridized carbons (Fsp3) is 0.0625. The fourth-order valence-corrected chi connectivity index (χ4v) is 1.82. The quantitative estimate of drug-likeness (QED) is 0.825. The Morgan fingerprint density at radius 1 is 1.05 bits per heavy atom. The number of hydrogen-bond donors (Lipinski definition) is 1. The molecule has 0 bridgehead atoms. The summed E-state index contributed by atoms with van der Waals surface area (Å²) >= 11 is 5.83. The van der Waals surface area contributed by atoms with Crippen LogP contribution in [0.4, 0.5) is 5.69 Å². The van der Waals surface area contributed by atoms with Gasteiger partial charge in [0.25, 0.3) is 0 Å². The fourth-order valence-electron chi connectivity index (χ4n) is 1.69. The molecule has 0 spiro atoms. The monoisotopic (exact) mass is 271 g/mol. The summed E-state index contributed by atoms with van der Waals surface area (Å²) in [5.74, 6) is -0.140. The number of hydrogen-bond acceptors (Lipinski definition) is 1. The molecule has 1 N–H and O–H groups in total. The molecule has 96 valence electrons. The lowest BCUT2D eigenvalue weighted by atomic mass is 10.1. The van der Waals surface area contributed by atoms with Gasteiger partial charge in [-0.25, -0.2) is 0 Å². The standard InChI is InChI=1S/C16H14ClNO/c1-12(13-7-9-14(17)10-8-13)11-16(19)18-15-5-3-2-4-6-15/h2-11H,1H3,(H,18,19)/b12-11+. The number of anilines is 1. The van der Waals surface area contributed by atoms with Gasteiger partial charge in [0.15, 0.2) is 0 Å². The van der Waals surface area contributed by atoms with Crippen molar-refractivity contribution in [2.24, 2.45) is 0 Å². The average Bonchev–Trinajstić information content (AvgIpc) is 2.40. The Balaban J connectivity index is 2.08. The van der Waals surface area contributed by atoms with Crippen LogP contribution in [0.1, 0.15) is 12.5 Å². The molecule has 0 heterocycles. The number of carbonyl (C=O) groups is 1. The molecular formula is C16H14ClNO. The molecule has 0 aliphatic carbocycles. The molecule has 3 heteroatoms. The molecule has 0 radical (unpaired) electrons. The predicted octanol–water partition coefficient (Wildman–Crippen LogP) is 4.38. The van der Waals surface area contributed by atoms with Crippen LogP contribution in [0.2, 0.25) is 5.02 Å². The van der Waals surface area contributed by atoms with Crippen molar-refractivity contribution < 1.29 is 4.79 Å². The summed E-state index contributed by atoms with van der Waals surface area (Å²) in [5, 5.41) is 3.50. The maximum atomic E-state index is 11.8. The Morgan fingerprint density at radius 3 is 2.32 bits per heavy atom. The lowest BCUT2D eigenvalue weighted by molar-refractivity contribution is -0.111. The minimum atomic E-state index is -0.140. The number of halogens is 1. The molecule has 0 atom stereocenters. The number of carbonyl (C=O) groups excluding carboxylic acids is 1.